The minimum absolute atomic E-state index is 0.829. The van der Waals surface area contributed by atoms with Crippen molar-refractivity contribution in [3.05, 3.63) is 59.0 Å². The van der Waals surface area contributed by atoms with Crippen molar-refractivity contribution in [2.24, 2.45) is 7.05 Å². The van der Waals surface area contributed by atoms with Crippen LogP contribution in [0.3, 0.4) is 0 Å². The fourth-order valence-corrected chi connectivity index (χ4v) is 2.59. The predicted octanol–water partition coefficient (Wildman–Crippen LogP) is 2.87. The average molecular weight is 280 g/mol. The topological polar surface area (TPSA) is 42.7 Å². The number of aromatic nitrogens is 3. The highest BCUT2D eigenvalue weighted by Crippen LogP contribution is 2.18. The molecule has 0 bridgehead atoms. The summed E-state index contributed by atoms with van der Waals surface area (Å²) in [6.07, 6.45) is 1.93. The molecule has 2 aromatic heterocycles. The molecule has 0 radical (unpaired) electrons. The average Bonchev–Trinajstić information content (AvgIpc) is 2.79. The highest BCUT2D eigenvalue weighted by Gasteiger charge is 2.05. The van der Waals surface area contributed by atoms with Gasteiger partial charge >= 0.3 is 0 Å². The van der Waals surface area contributed by atoms with E-state index in [9.17, 15) is 0 Å². The molecular formula is C17H20N4. The van der Waals surface area contributed by atoms with E-state index in [0.29, 0.717) is 0 Å². The quantitative estimate of drug-likeness (QED) is 0.799. The Kier molecular flexibility index (Phi) is 3.71. The molecule has 0 saturated carbocycles. The molecular weight excluding hydrogens is 260 g/mol. The second-order valence-electron chi connectivity index (χ2n) is 5.42. The number of hydrogen-bond donors (Lipinski definition) is 1. The van der Waals surface area contributed by atoms with Crippen molar-refractivity contribution in [3.63, 3.8) is 0 Å². The summed E-state index contributed by atoms with van der Waals surface area (Å²) < 4.78 is 1.91. The third-order valence-electron chi connectivity index (χ3n) is 3.90. The van der Waals surface area contributed by atoms with Crippen molar-refractivity contribution >= 4 is 10.9 Å². The van der Waals surface area contributed by atoms with E-state index >= 15 is 0 Å². The van der Waals surface area contributed by atoms with Crippen LogP contribution in [0.5, 0.6) is 0 Å². The Balaban J connectivity index is 1.78. The Morgan fingerprint density at radius 1 is 1.10 bits per heavy atom. The van der Waals surface area contributed by atoms with Gasteiger partial charge in [-0.05, 0) is 31.5 Å². The van der Waals surface area contributed by atoms with Crippen LogP contribution in [-0.2, 0) is 20.1 Å². The number of aryl methyl sites for hydroxylation is 2. The van der Waals surface area contributed by atoms with Crippen molar-refractivity contribution in [1.29, 1.82) is 0 Å². The lowest BCUT2D eigenvalue weighted by Crippen LogP contribution is -2.14. The number of hydrogen-bond acceptors (Lipinski definition) is 3. The second-order valence-corrected chi connectivity index (χ2v) is 5.42. The van der Waals surface area contributed by atoms with E-state index in [2.05, 4.69) is 46.6 Å². The minimum Gasteiger partial charge on any atom is -0.308 e. The Morgan fingerprint density at radius 3 is 2.62 bits per heavy atom. The van der Waals surface area contributed by atoms with Gasteiger partial charge in [-0.15, -0.1) is 0 Å². The van der Waals surface area contributed by atoms with Crippen LogP contribution in [0.4, 0.5) is 0 Å². The molecule has 3 rings (SSSR count). The van der Waals surface area contributed by atoms with Crippen molar-refractivity contribution in [3.8, 4) is 0 Å². The van der Waals surface area contributed by atoms with Gasteiger partial charge in [-0.1, -0.05) is 18.2 Å². The number of rotatable bonds is 4. The summed E-state index contributed by atoms with van der Waals surface area (Å²) in [4.78, 5) is 4.58. The third kappa shape index (κ3) is 2.81. The first-order valence-electron chi connectivity index (χ1n) is 7.18. The Morgan fingerprint density at radius 2 is 1.86 bits per heavy atom. The lowest BCUT2D eigenvalue weighted by molar-refractivity contribution is 0.686. The van der Waals surface area contributed by atoms with Crippen LogP contribution in [-0.4, -0.2) is 14.8 Å². The molecule has 0 unspecified atom stereocenters. The number of fused-ring (bicyclic) bond motifs is 1. The number of nitrogens with one attached hydrogen (secondary N) is 1. The number of nitrogens with zero attached hydrogens (tertiary/aromatic N) is 3. The van der Waals surface area contributed by atoms with E-state index in [1.165, 1.54) is 22.2 Å². The third-order valence-corrected chi connectivity index (χ3v) is 3.90. The van der Waals surface area contributed by atoms with Crippen molar-refractivity contribution in [2.75, 3.05) is 0 Å². The second kappa shape index (κ2) is 5.66. The molecule has 0 amide bonds. The van der Waals surface area contributed by atoms with Gasteiger partial charge in [-0.25, -0.2) is 0 Å². The smallest absolute Gasteiger partial charge is 0.0708 e. The standard InChI is InChI=1S/C17H20N4/c1-12-8-14(16-6-4-5-7-17(16)20-12)9-18-10-15-11-19-21(3)13(15)2/h4-8,11,18H,9-10H2,1-3H3. The Labute approximate surface area is 124 Å². The van der Waals surface area contributed by atoms with E-state index in [-0.39, 0.29) is 0 Å². The molecule has 4 nitrogen and oxygen atoms in total. The van der Waals surface area contributed by atoms with Crippen LogP contribution in [0.15, 0.2) is 36.5 Å². The monoisotopic (exact) mass is 280 g/mol. The molecule has 4 heteroatoms. The fraction of sp³-hybridized carbons (Fsp3) is 0.294. The van der Waals surface area contributed by atoms with Crippen LogP contribution < -0.4 is 5.32 Å². The van der Waals surface area contributed by atoms with Gasteiger partial charge in [-0.3, -0.25) is 9.67 Å². The van der Waals surface area contributed by atoms with Gasteiger partial charge in [0.1, 0.15) is 0 Å². The van der Waals surface area contributed by atoms with Gasteiger partial charge in [0, 0.05) is 42.5 Å². The normalized spacial score (nSPS) is 11.2. The molecule has 2 heterocycles. The first kappa shape index (κ1) is 13.8. The van der Waals surface area contributed by atoms with Gasteiger partial charge in [0.15, 0.2) is 0 Å². The SMILES string of the molecule is Cc1cc(CNCc2cnn(C)c2C)c2ccccc2n1. The van der Waals surface area contributed by atoms with Crippen LogP contribution in [0.2, 0.25) is 0 Å². The zero-order chi connectivity index (χ0) is 14.8. The lowest BCUT2D eigenvalue weighted by Gasteiger charge is -2.09. The summed E-state index contributed by atoms with van der Waals surface area (Å²) >= 11 is 0. The lowest BCUT2D eigenvalue weighted by atomic mass is 10.1. The summed E-state index contributed by atoms with van der Waals surface area (Å²) in [7, 11) is 1.97. The summed E-state index contributed by atoms with van der Waals surface area (Å²) in [5.41, 5.74) is 5.86. The van der Waals surface area contributed by atoms with E-state index in [1.54, 1.807) is 0 Å². The molecule has 1 aromatic carbocycles. The molecule has 21 heavy (non-hydrogen) atoms. The fourth-order valence-electron chi connectivity index (χ4n) is 2.59. The van der Waals surface area contributed by atoms with Gasteiger partial charge in [0.05, 0.1) is 11.7 Å². The maximum absolute atomic E-state index is 4.58. The highest BCUT2D eigenvalue weighted by atomic mass is 15.3. The van der Waals surface area contributed by atoms with Crippen LogP contribution in [0.1, 0.15) is 22.5 Å². The van der Waals surface area contributed by atoms with Crippen LogP contribution in [0.25, 0.3) is 10.9 Å². The zero-order valence-corrected chi connectivity index (χ0v) is 12.7. The largest absolute Gasteiger partial charge is 0.308 e. The molecule has 0 atom stereocenters. The molecule has 0 spiro atoms. The van der Waals surface area contributed by atoms with Crippen molar-refractivity contribution < 1.29 is 0 Å². The van der Waals surface area contributed by atoms with E-state index in [0.717, 1.165) is 24.3 Å². The van der Waals surface area contributed by atoms with Crippen molar-refractivity contribution in [1.82, 2.24) is 20.1 Å². The summed E-state index contributed by atoms with van der Waals surface area (Å²) in [6, 6.07) is 10.5. The molecule has 0 aliphatic rings. The van der Waals surface area contributed by atoms with E-state index < -0.39 is 0 Å². The van der Waals surface area contributed by atoms with Gasteiger partial charge in [0.25, 0.3) is 0 Å². The number of para-hydroxylation sites is 1. The number of benzene rings is 1. The summed E-state index contributed by atoms with van der Waals surface area (Å²) in [6.45, 7) is 5.80. The highest BCUT2D eigenvalue weighted by molar-refractivity contribution is 5.82. The maximum atomic E-state index is 4.58. The predicted molar refractivity (Wildman–Crippen MR) is 85.0 cm³/mol. The molecule has 108 valence electrons. The van der Waals surface area contributed by atoms with Crippen LogP contribution >= 0.6 is 0 Å². The first-order chi connectivity index (χ1) is 10.1. The molecule has 1 N–H and O–H groups in total. The van der Waals surface area contributed by atoms with Gasteiger partial charge < -0.3 is 5.32 Å². The summed E-state index contributed by atoms with van der Waals surface area (Å²) in [5, 5.41) is 9.00. The first-order valence-corrected chi connectivity index (χ1v) is 7.18. The Hall–Kier alpha value is -2.20. The zero-order valence-electron chi connectivity index (χ0n) is 12.7. The summed E-state index contributed by atoms with van der Waals surface area (Å²) in [5.74, 6) is 0. The molecule has 3 aromatic rings. The molecule has 0 fully saturated rings. The van der Waals surface area contributed by atoms with Gasteiger partial charge in [0.2, 0.25) is 0 Å². The minimum atomic E-state index is 0.829. The van der Waals surface area contributed by atoms with Crippen LogP contribution in [0, 0.1) is 13.8 Å². The van der Waals surface area contributed by atoms with E-state index in [1.807, 2.05) is 30.9 Å². The molecule has 0 saturated heterocycles. The van der Waals surface area contributed by atoms with Crippen molar-refractivity contribution in [2.45, 2.75) is 26.9 Å². The van der Waals surface area contributed by atoms with E-state index in [4.69, 9.17) is 0 Å². The molecule has 0 aliphatic heterocycles. The number of pyridine rings is 1. The maximum Gasteiger partial charge on any atom is 0.0708 e. The Bertz CT molecular complexity index is 774. The molecule has 0 aliphatic carbocycles. The van der Waals surface area contributed by atoms with Gasteiger partial charge in [-0.2, -0.15) is 5.10 Å².